The first-order chi connectivity index (χ1) is 5.93. The van der Waals surface area contributed by atoms with Gasteiger partial charge in [-0.3, -0.25) is 9.59 Å². The number of aliphatic hydroxyl groups is 1. The van der Waals surface area contributed by atoms with E-state index in [0.717, 1.165) is 0 Å². The summed E-state index contributed by atoms with van der Waals surface area (Å²) < 4.78 is 0. The Hall–Kier alpha value is 0.860. The maximum absolute atomic E-state index is 10.4. The van der Waals surface area contributed by atoms with Crippen LogP contribution in [0.15, 0.2) is 0 Å². The molecule has 80 valence electrons. The number of nitrogens with one attached hydrogen (secondary N) is 1. The van der Waals surface area contributed by atoms with E-state index >= 15 is 0 Å². The van der Waals surface area contributed by atoms with E-state index in [1.807, 2.05) is 0 Å². The Labute approximate surface area is 132 Å². The molecule has 0 aromatic rings. The Bertz CT molecular complexity index is 200. The normalized spacial score (nSPS) is 12.9. The van der Waals surface area contributed by atoms with Gasteiger partial charge in [-0.2, -0.15) is 0 Å². The van der Waals surface area contributed by atoms with Crippen molar-refractivity contribution in [3.63, 3.8) is 0 Å². The van der Waals surface area contributed by atoms with Gasteiger partial charge in [0.05, 0.1) is 12.5 Å². The van der Waals surface area contributed by atoms with Crippen molar-refractivity contribution in [1.82, 2.24) is 5.32 Å². The van der Waals surface area contributed by atoms with E-state index in [1.54, 1.807) is 0 Å². The molecule has 0 heterocycles. The van der Waals surface area contributed by atoms with Crippen molar-refractivity contribution in [2.45, 2.75) is 25.5 Å². The molecule has 0 rings (SSSR count). The van der Waals surface area contributed by atoms with Crippen LogP contribution in [0.1, 0.15) is 13.3 Å². The molecule has 0 saturated carbocycles. The van der Waals surface area contributed by atoms with Gasteiger partial charge in [0.2, 0.25) is 0 Å². The number of aliphatic carboxylic acids is 2. The van der Waals surface area contributed by atoms with Crippen molar-refractivity contribution < 1.29 is 24.9 Å². The standard InChI is InChI=1S/C7H13NO5.2Na.2H/c1-4(9)3-8-5(7(12)13)2-6(10)11;;;;/h4-5,8-9H,2-3H2,1H3,(H,10,11)(H,12,13);;;;/t4?,5-;;;;/m0..../s1. The summed E-state index contributed by atoms with van der Waals surface area (Å²) in [5, 5.41) is 28.1. The minimum atomic E-state index is -1.23. The van der Waals surface area contributed by atoms with Gasteiger partial charge in [0.1, 0.15) is 6.04 Å². The van der Waals surface area contributed by atoms with Crippen molar-refractivity contribution in [2.24, 2.45) is 0 Å². The summed E-state index contributed by atoms with van der Waals surface area (Å²) in [6, 6.07) is -1.15. The van der Waals surface area contributed by atoms with Crippen LogP contribution in [0.3, 0.4) is 0 Å². The molecular formula is C7H15NNa2O5. The summed E-state index contributed by atoms with van der Waals surface area (Å²) >= 11 is 0. The molecule has 8 heteroatoms. The predicted octanol–water partition coefficient (Wildman–Crippen LogP) is -2.41. The minimum absolute atomic E-state index is 0. The van der Waals surface area contributed by atoms with Crippen LogP contribution in [0.4, 0.5) is 0 Å². The third-order valence-corrected chi connectivity index (χ3v) is 1.34. The van der Waals surface area contributed by atoms with Crippen LogP contribution >= 0.6 is 0 Å². The van der Waals surface area contributed by atoms with E-state index in [0.29, 0.717) is 0 Å². The number of hydrogen-bond donors (Lipinski definition) is 4. The SMILES string of the molecule is CC(O)CN[C@@H](CC(=O)O)C(=O)O.[NaH].[NaH]. The fraction of sp³-hybridized carbons (Fsp3) is 0.714. The number of rotatable bonds is 6. The first-order valence-electron chi connectivity index (χ1n) is 3.79. The third kappa shape index (κ3) is 12.8. The number of aliphatic hydroxyl groups excluding tert-OH is 1. The van der Waals surface area contributed by atoms with Crippen LogP contribution in [-0.4, -0.2) is 105 Å². The topological polar surface area (TPSA) is 107 Å². The first kappa shape index (κ1) is 21.2. The van der Waals surface area contributed by atoms with Crippen LogP contribution < -0.4 is 5.32 Å². The molecule has 0 aromatic carbocycles. The molecule has 0 radical (unpaired) electrons. The molecule has 4 N–H and O–H groups in total. The fourth-order valence-electron chi connectivity index (χ4n) is 0.734. The second-order valence-corrected chi connectivity index (χ2v) is 2.75. The zero-order chi connectivity index (χ0) is 10.4. The molecule has 0 saturated heterocycles. The molecule has 0 aliphatic carbocycles. The Morgan fingerprint density at radius 2 is 1.73 bits per heavy atom. The summed E-state index contributed by atoms with van der Waals surface area (Å²) in [4.78, 5) is 20.6. The van der Waals surface area contributed by atoms with Crippen molar-refractivity contribution in [2.75, 3.05) is 6.54 Å². The van der Waals surface area contributed by atoms with Gasteiger partial charge in [0.25, 0.3) is 0 Å². The Morgan fingerprint density at radius 1 is 1.27 bits per heavy atom. The molecule has 2 atom stereocenters. The van der Waals surface area contributed by atoms with Gasteiger partial charge in [-0.1, -0.05) is 0 Å². The molecule has 0 aromatic heterocycles. The summed E-state index contributed by atoms with van der Waals surface area (Å²) in [5.41, 5.74) is 0. The van der Waals surface area contributed by atoms with Crippen molar-refractivity contribution in [1.29, 1.82) is 0 Å². The number of carboxylic acid groups (broad SMARTS) is 2. The zero-order valence-corrected chi connectivity index (χ0v) is 7.23. The molecule has 0 amide bonds. The monoisotopic (exact) mass is 239 g/mol. The molecule has 0 aliphatic rings. The van der Waals surface area contributed by atoms with Crippen LogP contribution in [0.5, 0.6) is 0 Å². The Kier molecular flexibility index (Phi) is 16.0. The second kappa shape index (κ2) is 11.3. The quantitative estimate of drug-likeness (QED) is 0.384. The van der Waals surface area contributed by atoms with E-state index < -0.39 is 30.5 Å². The third-order valence-electron chi connectivity index (χ3n) is 1.34. The second-order valence-electron chi connectivity index (χ2n) is 2.75. The molecule has 0 bridgehead atoms. The van der Waals surface area contributed by atoms with E-state index in [1.165, 1.54) is 6.92 Å². The van der Waals surface area contributed by atoms with E-state index in [4.69, 9.17) is 15.3 Å². The summed E-state index contributed by atoms with van der Waals surface area (Å²) in [7, 11) is 0. The van der Waals surface area contributed by atoms with Crippen LogP contribution in [0.2, 0.25) is 0 Å². The van der Waals surface area contributed by atoms with Crippen LogP contribution in [0.25, 0.3) is 0 Å². The molecule has 0 fully saturated rings. The summed E-state index contributed by atoms with van der Waals surface area (Å²) in [5.74, 6) is -2.42. The first-order valence-corrected chi connectivity index (χ1v) is 3.79. The number of carbonyl (C=O) groups is 2. The van der Waals surface area contributed by atoms with Gasteiger partial charge in [-0.05, 0) is 6.92 Å². The van der Waals surface area contributed by atoms with E-state index in [-0.39, 0.29) is 65.7 Å². The van der Waals surface area contributed by atoms with Gasteiger partial charge >= 0.3 is 71.1 Å². The van der Waals surface area contributed by atoms with Gasteiger partial charge in [0, 0.05) is 6.54 Å². The zero-order valence-electron chi connectivity index (χ0n) is 7.23. The van der Waals surface area contributed by atoms with Crippen molar-refractivity contribution >= 4 is 71.1 Å². The molecule has 6 nitrogen and oxygen atoms in total. The predicted molar refractivity (Wildman–Crippen MR) is 57.7 cm³/mol. The molecule has 0 aliphatic heterocycles. The van der Waals surface area contributed by atoms with Crippen LogP contribution in [-0.2, 0) is 9.59 Å². The Balaban J connectivity index is -0.000000720. The average Bonchev–Trinajstić information content (AvgIpc) is 1.96. The van der Waals surface area contributed by atoms with E-state index in [2.05, 4.69) is 5.32 Å². The van der Waals surface area contributed by atoms with Crippen LogP contribution in [0, 0.1) is 0 Å². The number of carboxylic acids is 2. The molecule has 0 spiro atoms. The van der Waals surface area contributed by atoms with Gasteiger partial charge in [-0.25, -0.2) is 0 Å². The van der Waals surface area contributed by atoms with Gasteiger partial charge in [-0.15, -0.1) is 0 Å². The van der Waals surface area contributed by atoms with E-state index in [9.17, 15) is 9.59 Å². The Morgan fingerprint density at radius 3 is 2.00 bits per heavy atom. The summed E-state index contributed by atoms with van der Waals surface area (Å²) in [6.45, 7) is 1.54. The average molecular weight is 239 g/mol. The fourth-order valence-corrected chi connectivity index (χ4v) is 0.734. The van der Waals surface area contributed by atoms with Gasteiger partial charge < -0.3 is 20.6 Å². The maximum atomic E-state index is 10.4. The molecule has 15 heavy (non-hydrogen) atoms. The molecule has 1 unspecified atom stereocenters. The number of hydrogen-bond acceptors (Lipinski definition) is 4. The molecular weight excluding hydrogens is 224 g/mol. The van der Waals surface area contributed by atoms with Gasteiger partial charge in [0.15, 0.2) is 0 Å². The summed E-state index contributed by atoms with van der Waals surface area (Å²) in [6.07, 6.45) is -1.20. The van der Waals surface area contributed by atoms with Crippen molar-refractivity contribution in [3.8, 4) is 0 Å². The van der Waals surface area contributed by atoms with Crippen molar-refractivity contribution in [3.05, 3.63) is 0 Å².